The van der Waals surface area contributed by atoms with E-state index < -0.39 is 37.1 Å². The van der Waals surface area contributed by atoms with Gasteiger partial charge in [0.15, 0.2) is 0 Å². The SMILES string of the molecule is C=CC(=O)NC([I-]C)C(=O)O. The molecule has 0 heterocycles. The summed E-state index contributed by atoms with van der Waals surface area (Å²) in [6, 6.07) is 0. The number of carboxylic acid groups (broad SMARTS) is 1. The Kier molecular flexibility index (Phi) is 4.84. The van der Waals surface area contributed by atoms with Crippen molar-refractivity contribution < 1.29 is 35.9 Å². The number of halogens is 1. The summed E-state index contributed by atoms with van der Waals surface area (Å²) >= 11 is -0.518. The molecule has 0 aromatic carbocycles. The van der Waals surface area contributed by atoms with Gasteiger partial charge < -0.3 is 0 Å². The van der Waals surface area contributed by atoms with Crippen LogP contribution in [0.15, 0.2) is 12.7 Å². The van der Waals surface area contributed by atoms with Crippen LogP contribution in [0.2, 0.25) is 0 Å². The van der Waals surface area contributed by atoms with E-state index in [9.17, 15) is 9.59 Å². The molecule has 0 fully saturated rings. The minimum atomic E-state index is -0.976. The Morgan fingerprint density at radius 1 is 1.73 bits per heavy atom. The molecule has 64 valence electrons. The molecule has 0 aliphatic carbocycles. The quantitative estimate of drug-likeness (QED) is 0.240. The van der Waals surface area contributed by atoms with E-state index in [4.69, 9.17) is 5.11 Å². The van der Waals surface area contributed by atoms with Crippen molar-refractivity contribution in [2.75, 3.05) is 4.93 Å². The van der Waals surface area contributed by atoms with Crippen molar-refractivity contribution in [3.63, 3.8) is 0 Å². The fourth-order valence-electron chi connectivity index (χ4n) is 0.393. The van der Waals surface area contributed by atoms with Crippen LogP contribution in [0.25, 0.3) is 0 Å². The van der Waals surface area contributed by atoms with Crippen molar-refractivity contribution >= 4 is 11.9 Å². The fraction of sp³-hybridized carbons (Fsp3) is 0.333. The van der Waals surface area contributed by atoms with Crippen LogP contribution in [-0.4, -0.2) is 26.0 Å². The Labute approximate surface area is 74.9 Å². The van der Waals surface area contributed by atoms with E-state index in [1.165, 1.54) is 0 Å². The molecule has 1 amide bonds. The van der Waals surface area contributed by atoms with Crippen LogP contribution in [0.5, 0.6) is 0 Å². The van der Waals surface area contributed by atoms with Gasteiger partial charge in [-0.3, -0.25) is 0 Å². The van der Waals surface area contributed by atoms with Crippen LogP contribution in [0.1, 0.15) is 0 Å². The first kappa shape index (κ1) is 10.4. The van der Waals surface area contributed by atoms with Crippen LogP contribution in [0, 0.1) is 0 Å². The minimum absolute atomic E-state index is 0.432. The molecular formula is C6H9INO3-. The molecule has 5 heteroatoms. The van der Waals surface area contributed by atoms with Crippen molar-refractivity contribution in [3.8, 4) is 0 Å². The Morgan fingerprint density at radius 3 is 2.55 bits per heavy atom. The van der Waals surface area contributed by atoms with Gasteiger partial charge in [-0.15, -0.1) is 0 Å². The predicted molar refractivity (Wildman–Crippen MR) is 35.7 cm³/mol. The second-order valence-corrected chi connectivity index (χ2v) is 4.12. The monoisotopic (exact) mass is 270 g/mol. The molecule has 4 nitrogen and oxygen atoms in total. The van der Waals surface area contributed by atoms with Gasteiger partial charge in [-0.1, -0.05) is 0 Å². The van der Waals surface area contributed by atoms with E-state index in [-0.39, 0.29) is 0 Å². The molecule has 1 atom stereocenters. The van der Waals surface area contributed by atoms with Crippen LogP contribution >= 0.6 is 0 Å². The topological polar surface area (TPSA) is 66.4 Å². The van der Waals surface area contributed by atoms with E-state index >= 15 is 0 Å². The maximum atomic E-state index is 10.6. The zero-order valence-electron chi connectivity index (χ0n) is 6.00. The standard InChI is InChI=1S/C6H9INO3/c1-3-4(9)8-5(7-2)6(10)11/h3,5H,1H2,2H3,(H,8,9)(H,10,11)/q-1. The Morgan fingerprint density at radius 2 is 2.27 bits per heavy atom. The van der Waals surface area contributed by atoms with Gasteiger partial charge in [0.2, 0.25) is 0 Å². The van der Waals surface area contributed by atoms with Crippen LogP contribution in [0.4, 0.5) is 0 Å². The summed E-state index contributed by atoms with van der Waals surface area (Å²) in [6.07, 6.45) is 1.06. The van der Waals surface area contributed by atoms with Gasteiger partial charge in [0.25, 0.3) is 0 Å². The zero-order valence-corrected chi connectivity index (χ0v) is 8.16. The molecule has 0 spiro atoms. The normalized spacial score (nSPS) is 12.1. The molecule has 0 bridgehead atoms. The van der Waals surface area contributed by atoms with Crippen LogP contribution in [0.3, 0.4) is 0 Å². The van der Waals surface area contributed by atoms with E-state index in [1.54, 1.807) is 4.93 Å². The van der Waals surface area contributed by atoms with E-state index in [2.05, 4.69) is 11.9 Å². The number of hydrogen-bond acceptors (Lipinski definition) is 2. The summed E-state index contributed by atoms with van der Waals surface area (Å²) in [5.41, 5.74) is 0. The number of hydrogen-bond donors (Lipinski definition) is 2. The molecule has 0 aromatic rings. The van der Waals surface area contributed by atoms with Crippen LogP contribution in [-0.2, 0) is 9.59 Å². The van der Waals surface area contributed by atoms with E-state index in [0.717, 1.165) is 6.08 Å². The third-order valence-corrected chi connectivity index (χ3v) is 2.98. The second kappa shape index (κ2) is 5.11. The summed E-state index contributed by atoms with van der Waals surface area (Å²) in [5, 5.41) is 10.8. The molecule has 11 heavy (non-hydrogen) atoms. The van der Waals surface area contributed by atoms with E-state index in [0.29, 0.717) is 0 Å². The number of rotatable bonds is 4. The predicted octanol–water partition coefficient (Wildman–Crippen LogP) is -3.58. The average Bonchev–Trinajstić information content (AvgIpc) is 1.99. The van der Waals surface area contributed by atoms with Crippen molar-refractivity contribution in [1.82, 2.24) is 5.32 Å². The van der Waals surface area contributed by atoms with Gasteiger partial charge >= 0.3 is 74.7 Å². The zero-order chi connectivity index (χ0) is 8.85. The molecule has 1 unspecified atom stereocenters. The summed E-state index contributed by atoms with van der Waals surface area (Å²) in [7, 11) is 0. The van der Waals surface area contributed by atoms with Crippen molar-refractivity contribution in [1.29, 1.82) is 0 Å². The maximum absolute atomic E-state index is 10.6. The number of aliphatic carboxylic acids is 1. The van der Waals surface area contributed by atoms with Gasteiger partial charge in [0.1, 0.15) is 0 Å². The first-order valence-corrected chi connectivity index (χ1v) is 6.16. The first-order valence-electron chi connectivity index (χ1n) is 2.75. The van der Waals surface area contributed by atoms with Crippen molar-refractivity contribution in [3.05, 3.63) is 12.7 Å². The number of amides is 1. The molecule has 0 radical (unpaired) electrons. The van der Waals surface area contributed by atoms with Gasteiger partial charge in [-0.25, -0.2) is 0 Å². The summed E-state index contributed by atoms with van der Waals surface area (Å²) in [4.78, 5) is 22.8. The van der Waals surface area contributed by atoms with Gasteiger partial charge in [0.05, 0.1) is 0 Å². The van der Waals surface area contributed by atoms with Crippen molar-refractivity contribution in [2.45, 2.75) is 4.05 Å². The number of carbonyl (C=O) groups excluding carboxylic acids is 1. The molecule has 0 saturated heterocycles. The number of carboxylic acids is 1. The third-order valence-electron chi connectivity index (χ3n) is 0.889. The summed E-state index contributed by atoms with van der Waals surface area (Å²) < 4.78 is -0.695. The van der Waals surface area contributed by atoms with Gasteiger partial charge in [0, 0.05) is 0 Å². The molecule has 2 N–H and O–H groups in total. The van der Waals surface area contributed by atoms with E-state index in [1.807, 2.05) is 0 Å². The first-order chi connectivity index (χ1) is 5.11. The molecule has 0 saturated carbocycles. The molecule has 0 aliphatic rings. The van der Waals surface area contributed by atoms with Crippen LogP contribution < -0.4 is 26.5 Å². The Balaban J connectivity index is 3.97. The number of nitrogens with one attached hydrogen (secondary N) is 1. The fourth-order valence-corrected chi connectivity index (χ4v) is 1.54. The number of alkyl halides is 2. The summed E-state index contributed by atoms with van der Waals surface area (Å²) in [5.74, 6) is -1.41. The van der Waals surface area contributed by atoms with Gasteiger partial charge in [-0.05, 0) is 0 Å². The molecule has 0 aliphatic heterocycles. The van der Waals surface area contributed by atoms with Gasteiger partial charge in [-0.2, -0.15) is 0 Å². The summed E-state index contributed by atoms with van der Waals surface area (Å²) in [6.45, 7) is 3.21. The Hall–Kier alpha value is -0.590. The average molecular weight is 270 g/mol. The molecular weight excluding hydrogens is 261 g/mol. The Bertz CT molecular complexity index is 181. The molecule has 0 rings (SSSR count). The second-order valence-electron chi connectivity index (χ2n) is 1.63. The molecule has 0 aromatic heterocycles. The third kappa shape index (κ3) is 3.97. The number of carbonyl (C=O) groups is 2. The van der Waals surface area contributed by atoms with Crippen molar-refractivity contribution in [2.24, 2.45) is 0 Å².